The van der Waals surface area contributed by atoms with Crippen molar-refractivity contribution >= 4 is 86.3 Å². The third kappa shape index (κ3) is 6.38. The molecule has 0 aromatic heterocycles. The average Bonchev–Trinajstić information content (AvgIpc) is 2.56. The van der Waals surface area contributed by atoms with Gasteiger partial charge in [-0.05, 0) is 71.2 Å². The van der Waals surface area contributed by atoms with E-state index >= 15 is 0 Å². The van der Waals surface area contributed by atoms with Crippen LogP contribution < -0.4 is 16.0 Å². The summed E-state index contributed by atoms with van der Waals surface area (Å²) in [4.78, 5) is 12.3. The molecule has 0 radical (unpaired) electrons. The second kappa shape index (κ2) is 9.36. The molecule has 138 valence electrons. The summed E-state index contributed by atoms with van der Waals surface area (Å²) in [5.41, 5.74) is 0.538. The Hall–Kier alpha value is -0.870. The Labute approximate surface area is 183 Å². The summed E-state index contributed by atoms with van der Waals surface area (Å²) in [5.74, 6) is -1.43. The van der Waals surface area contributed by atoms with E-state index in [1.165, 1.54) is 18.2 Å². The first-order valence-electron chi connectivity index (χ1n) is 7.12. The van der Waals surface area contributed by atoms with E-state index in [0.717, 1.165) is 9.64 Å². The molecule has 1 amide bonds. The Bertz CT molecular complexity index is 802. The monoisotopic (exact) mass is 545 g/mol. The van der Waals surface area contributed by atoms with Crippen LogP contribution in [0.25, 0.3) is 0 Å². The van der Waals surface area contributed by atoms with Crippen LogP contribution in [0.3, 0.4) is 0 Å². The van der Waals surface area contributed by atoms with Gasteiger partial charge in [-0.25, -0.2) is 4.39 Å². The van der Waals surface area contributed by atoms with Gasteiger partial charge >= 0.3 is 0 Å². The highest BCUT2D eigenvalue weighted by molar-refractivity contribution is 14.1. The Morgan fingerprint density at radius 2 is 1.69 bits per heavy atom. The van der Waals surface area contributed by atoms with Crippen molar-refractivity contribution in [3.05, 3.63) is 63.5 Å². The normalized spacial score (nSPS) is 12.2. The molecule has 3 N–H and O–H groups in total. The third-order valence-corrected chi connectivity index (χ3v) is 4.69. The fraction of sp³-hybridized carbons (Fsp3) is 0.125. The van der Waals surface area contributed by atoms with Gasteiger partial charge in [0.25, 0.3) is 5.91 Å². The van der Waals surface area contributed by atoms with Crippen LogP contribution in [0, 0.1) is 9.39 Å². The lowest BCUT2D eigenvalue weighted by Gasteiger charge is -2.27. The zero-order chi connectivity index (χ0) is 19.3. The van der Waals surface area contributed by atoms with Gasteiger partial charge in [-0.15, -0.1) is 0 Å². The Kier molecular flexibility index (Phi) is 7.72. The molecule has 10 heteroatoms. The van der Waals surface area contributed by atoms with E-state index in [4.69, 9.17) is 47.0 Å². The molecule has 0 saturated heterocycles. The number of amides is 1. The number of hydrogen-bond acceptors (Lipinski definition) is 2. The summed E-state index contributed by atoms with van der Waals surface area (Å²) < 4.78 is 12.9. The van der Waals surface area contributed by atoms with E-state index in [1.54, 1.807) is 0 Å². The number of nitrogens with one attached hydrogen (secondary N) is 3. The first-order chi connectivity index (χ1) is 12.2. The summed E-state index contributed by atoms with van der Waals surface area (Å²) in [5, 5.41) is 8.17. The number of hydrogen-bond donors (Lipinski definition) is 3. The molecule has 0 spiro atoms. The Morgan fingerprint density at radius 1 is 1.08 bits per heavy atom. The van der Waals surface area contributed by atoms with Crippen LogP contribution in [0.1, 0.15) is 10.4 Å². The smallest absolute Gasteiger partial charge is 0.255 e. The molecule has 0 bridgehead atoms. The zero-order valence-corrected chi connectivity index (χ0v) is 18.1. The van der Waals surface area contributed by atoms with Gasteiger partial charge in [-0.2, -0.15) is 0 Å². The van der Waals surface area contributed by atoms with Crippen molar-refractivity contribution < 1.29 is 9.18 Å². The van der Waals surface area contributed by atoms with Crippen molar-refractivity contribution in [3.63, 3.8) is 0 Å². The van der Waals surface area contributed by atoms with Crippen molar-refractivity contribution in [3.8, 4) is 0 Å². The van der Waals surface area contributed by atoms with Crippen LogP contribution >= 0.6 is 69.6 Å². The number of carbonyl (C=O) groups is 1. The molecule has 0 aliphatic carbocycles. The van der Waals surface area contributed by atoms with Crippen molar-refractivity contribution in [1.29, 1.82) is 0 Å². The third-order valence-electron chi connectivity index (χ3n) is 3.10. The van der Waals surface area contributed by atoms with Crippen LogP contribution in [0.2, 0.25) is 0 Å². The standard InChI is InChI=1S/C16H12Cl3FIN3OS/c17-16(18,19)14(23-13(25)11-3-1-2-4-12(11)20)24-15(26)22-10-7-5-9(21)6-8-10/h1-8,14H,(H,23,25)(H2,22,24,26)/t14-/m1/s1. The number of alkyl halides is 3. The fourth-order valence-electron chi connectivity index (χ4n) is 1.89. The second-order valence-corrected chi connectivity index (χ2v) is 9.06. The van der Waals surface area contributed by atoms with E-state index in [9.17, 15) is 9.18 Å². The second-order valence-electron chi connectivity index (χ2n) is 5.03. The van der Waals surface area contributed by atoms with Crippen molar-refractivity contribution in [2.45, 2.75) is 9.96 Å². The van der Waals surface area contributed by atoms with Gasteiger partial charge in [0.05, 0.1) is 5.56 Å². The highest BCUT2D eigenvalue weighted by Crippen LogP contribution is 2.29. The maximum absolute atomic E-state index is 13.8. The molecule has 26 heavy (non-hydrogen) atoms. The fourth-order valence-corrected chi connectivity index (χ4v) is 2.81. The predicted molar refractivity (Wildman–Crippen MR) is 116 cm³/mol. The van der Waals surface area contributed by atoms with Crippen molar-refractivity contribution in [1.82, 2.24) is 10.6 Å². The van der Waals surface area contributed by atoms with Crippen molar-refractivity contribution in [2.24, 2.45) is 0 Å². The predicted octanol–water partition coefficient (Wildman–Crippen LogP) is 4.84. The van der Waals surface area contributed by atoms with E-state index < -0.39 is 21.7 Å². The molecule has 0 heterocycles. The lowest BCUT2D eigenvalue weighted by molar-refractivity contribution is 0.0930. The van der Waals surface area contributed by atoms with Gasteiger partial charge in [-0.3, -0.25) is 4.79 Å². The van der Waals surface area contributed by atoms with Gasteiger partial charge in [0, 0.05) is 9.26 Å². The van der Waals surface area contributed by atoms with Crippen molar-refractivity contribution in [2.75, 3.05) is 5.32 Å². The van der Waals surface area contributed by atoms with Gasteiger partial charge in [0.2, 0.25) is 3.79 Å². The quantitative estimate of drug-likeness (QED) is 0.222. The van der Waals surface area contributed by atoms with Gasteiger partial charge in [0.15, 0.2) is 5.11 Å². The van der Waals surface area contributed by atoms with Crippen LogP contribution in [0.15, 0.2) is 48.5 Å². The number of halogens is 5. The highest BCUT2D eigenvalue weighted by Gasteiger charge is 2.35. The topological polar surface area (TPSA) is 53.2 Å². The lowest BCUT2D eigenvalue weighted by atomic mass is 10.2. The van der Waals surface area contributed by atoms with Gasteiger partial charge in [0.1, 0.15) is 12.0 Å². The van der Waals surface area contributed by atoms with E-state index in [-0.39, 0.29) is 10.7 Å². The molecular formula is C16H12Cl3FIN3OS. The highest BCUT2D eigenvalue weighted by atomic mass is 127. The molecule has 4 nitrogen and oxygen atoms in total. The number of rotatable bonds is 4. The average molecular weight is 547 g/mol. The molecule has 0 saturated carbocycles. The van der Waals surface area contributed by atoms with E-state index in [2.05, 4.69) is 38.5 Å². The maximum Gasteiger partial charge on any atom is 0.255 e. The molecule has 0 aliphatic rings. The molecule has 2 aromatic carbocycles. The van der Waals surface area contributed by atoms with E-state index in [1.807, 2.05) is 24.3 Å². The largest absolute Gasteiger partial charge is 0.339 e. The summed E-state index contributed by atoms with van der Waals surface area (Å²) >= 11 is 25.1. The molecule has 2 rings (SSSR count). The van der Waals surface area contributed by atoms with Crippen LogP contribution in [-0.2, 0) is 0 Å². The van der Waals surface area contributed by atoms with Crippen LogP contribution in [0.5, 0.6) is 0 Å². The molecule has 0 fully saturated rings. The SMILES string of the molecule is O=C(N[C@H](NC(=S)Nc1ccc(I)cc1)C(Cl)(Cl)Cl)c1ccccc1F. The molecule has 2 aromatic rings. The maximum atomic E-state index is 13.8. The number of thiocarbonyl (C=S) groups is 1. The summed E-state index contributed by atoms with van der Waals surface area (Å²) in [6.45, 7) is 0. The minimum atomic E-state index is -1.93. The molecule has 0 unspecified atom stereocenters. The molecule has 1 atom stereocenters. The molecule has 0 aliphatic heterocycles. The number of carbonyl (C=O) groups excluding carboxylic acids is 1. The first-order valence-corrected chi connectivity index (χ1v) is 9.74. The Morgan fingerprint density at radius 3 is 2.27 bits per heavy atom. The number of benzene rings is 2. The van der Waals surface area contributed by atoms with Crippen LogP contribution in [-0.4, -0.2) is 21.0 Å². The summed E-state index contributed by atoms with van der Waals surface area (Å²) in [6.07, 6.45) is -1.19. The summed E-state index contributed by atoms with van der Waals surface area (Å²) in [6, 6.07) is 12.9. The number of anilines is 1. The molecular weight excluding hydrogens is 535 g/mol. The lowest BCUT2D eigenvalue weighted by Crippen LogP contribution is -2.56. The Balaban J connectivity index is 2.07. The summed E-state index contributed by atoms with van der Waals surface area (Å²) in [7, 11) is 0. The van der Waals surface area contributed by atoms with Crippen LogP contribution in [0.4, 0.5) is 10.1 Å². The first kappa shape index (κ1) is 21.4. The van der Waals surface area contributed by atoms with E-state index in [0.29, 0.717) is 5.69 Å². The zero-order valence-electron chi connectivity index (χ0n) is 12.9. The minimum absolute atomic E-state index is 0.122. The minimum Gasteiger partial charge on any atom is -0.339 e. The van der Waals surface area contributed by atoms with Gasteiger partial charge in [-0.1, -0.05) is 46.9 Å². The van der Waals surface area contributed by atoms with Gasteiger partial charge < -0.3 is 16.0 Å².